The fourth-order valence-electron chi connectivity index (χ4n) is 2.85. The van der Waals surface area contributed by atoms with Crippen LogP contribution in [0.25, 0.3) is 0 Å². The van der Waals surface area contributed by atoms with Gasteiger partial charge in [-0.3, -0.25) is 0 Å². The van der Waals surface area contributed by atoms with E-state index in [0.717, 1.165) is 16.9 Å². The molecule has 0 aliphatic carbocycles. The van der Waals surface area contributed by atoms with Crippen molar-refractivity contribution in [2.75, 3.05) is 19.7 Å². The highest BCUT2D eigenvalue weighted by atomic mass is 16.5. The molecule has 0 radical (unpaired) electrons. The van der Waals surface area contributed by atoms with Crippen LogP contribution < -0.4 is 14.8 Å². The van der Waals surface area contributed by atoms with Gasteiger partial charge in [-0.1, -0.05) is 39.0 Å². The maximum atomic E-state index is 12.2. The Bertz CT molecular complexity index is 738. The largest absolute Gasteiger partial charge is 0.493 e. The number of carbonyl (C=O) groups excluding carboxylic acids is 1. The monoisotopic (exact) mass is 369 g/mol. The molecule has 1 N–H and O–H groups in total. The summed E-state index contributed by atoms with van der Waals surface area (Å²) in [5.74, 6) is 1.46. The Balaban J connectivity index is 0.000000321. The molecule has 0 saturated heterocycles. The molecule has 1 atom stereocenters. The van der Waals surface area contributed by atoms with Crippen LogP contribution >= 0.6 is 0 Å². The molecule has 4 heteroatoms. The second-order valence-corrected chi connectivity index (χ2v) is 6.87. The van der Waals surface area contributed by atoms with Gasteiger partial charge in [0, 0.05) is 11.5 Å². The van der Waals surface area contributed by atoms with Crippen LogP contribution in [0.1, 0.15) is 61.0 Å². The van der Waals surface area contributed by atoms with Crippen molar-refractivity contribution in [1.29, 1.82) is 0 Å². The summed E-state index contributed by atoms with van der Waals surface area (Å²) in [6, 6.07) is 12.9. The van der Waals surface area contributed by atoms with E-state index in [4.69, 9.17) is 9.47 Å². The van der Waals surface area contributed by atoms with Crippen LogP contribution in [-0.2, 0) is 0 Å². The summed E-state index contributed by atoms with van der Waals surface area (Å²) in [6.07, 6.45) is 2.50. The summed E-state index contributed by atoms with van der Waals surface area (Å²) < 4.78 is 11.0. The standard InChI is InChI=1S/C17H16O3.C6H15N/c1-11-5-3-4-6-14(11)17(18)20-13-7-8-16-15(9-13)12(2)10-19-16;1-3-5-7-6-4-2/h3-9,12H,10H2,1-2H3;7H,3-6H2,1-2H3. The smallest absolute Gasteiger partial charge is 0.343 e. The molecular formula is C23H31NO3. The summed E-state index contributed by atoms with van der Waals surface area (Å²) in [5.41, 5.74) is 2.60. The van der Waals surface area contributed by atoms with E-state index in [-0.39, 0.29) is 5.97 Å². The van der Waals surface area contributed by atoms with Crippen LogP contribution in [0.3, 0.4) is 0 Å². The summed E-state index contributed by atoms with van der Waals surface area (Å²) in [5, 5.41) is 3.28. The number of carbonyl (C=O) groups is 1. The van der Waals surface area contributed by atoms with Crippen LogP contribution in [0.15, 0.2) is 42.5 Å². The number of aryl methyl sites for hydroxylation is 1. The molecule has 2 aromatic carbocycles. The van der Waals surface area contributed by atoms with Crippen molar-refractivity contribution in [2.45, 2.75) is 46.5 Å². The zero-order chi connectivity index (χ0) is 19.6. The highest BCUT2D eigenvalue weighted by Gasteiger charge is 2.21. The average Bonchev–Trinajstić information content (AvgIpc) is 3.03. The quantitative estimate of drug-likeness (QED) is 0.437. The average molecular weight is 370 g/mol. The van der Waals surface area contributed by atoms with Crippen molar-refractivity contribution >= 4 is 5.97 Å². The predicted molar refractivity (Wildman–Crippen MR) is 110 cm³/mol. The summed E-state index contributed by atoms with van der Waals surface area (Å²) in [4.78, 5) is 12.2. The lowest BCUT2D eigenvalue weighted by Crippen LogP contribution is -2.14. The lowest BCUT2D eigenvalue weighted by atomic mass is 10.0. The number of hydrogen-bond donors (Lipinski definition) is 1. The Hall–Kier alpha value is -2.33. The molecule has 4 nitrogen and oxygen atoms in total. The Kier molecular flexibility index (Phi) is 8.34. The number of rotatable bonds is 6. The molecule has 0 bridgehead atoms. The molecule has 0 fully saturated rings. The third-order valence-electron chi connectivity index (χ3n) is 4.43. The molecule has 1 unspecified atom stereocenters. The summed E-state index contributed by atoms with van der Waals surface area (Å²) >= 11 is 0. The van der Waals surface area contributed by atoms with Crippen molar-refractivity contribution in [2.24, 2.45) is 0 Å². The van der Waals surface area contributed by atoms with Crippen molar-refractivity contribution < 1.29 is 14.3 Å². The van der Waals surface area contributed by atoms with Crippen LogP contribution in [0.5, 0.6) is 11.5 Å². The fraction of sp³-hybridized carbons (Fsp3) is 0.435. The van der Waals surface area contributed by atoms with Gasteiger partial charge >= 0.3 is 5.97 Å². The maximum absolute atomic E-state index is 12.2. The van der Waals surface area contributed by atoms with Crippen LogP contribution in [0.4, 0.5) is 0 Å². The Labute approximate surface area is 162 Å². The zero-order valence-corrected chi connectivity index (χ0v) is 16.9. The second-order valence-electron chi connectivity index (χ2n) is 6.87. The summed E-state index contributed by atoms with van der Waals surface area (Å²) in [6.45, 7) is 11.4. The van der Waals surface area contributed by atoms with Gasteiger partial charge < -0.3 is 14.8 Å². The molecule has 0 amide bonds. The van der Waals surface area contributed by atoms with Crippen LogP contribution in [0, 0.1) is 6.92 Å². The zero-order valence-electron chi connectivity index (χ0n) is 16.9. The van der Waals surface area contributed by atoms with E-state index in [1.54, 1.807) is 12.1 Å². The van der Waals surface area contributed by atoms with Gasteiger partial charge in [-0.05, 0) is 62.7 Å². The number of benzene rings is 2. The molecule has 1 aliphatic heterocycles. The fourth-order valence-corrected chi connectivity index (χ4v) is 2.85. The molecule has 146 valence electrons. The topological polar surface area (TPSA) is 47.6 Å². The van der Waals surface area contributed by atoms with E-state index in [1.165, 1.54) is 25.9 Å². The molecule has 0 spiro atoms. The minimum absolute atomic E-state index is 0.324. The number of hydrogen-bond acceptors (Lipinski definition) is 4. The van der Waals surface area contributed by atoms with Gasteiger partial charge in [0.25, 0.3) is 0 Å². The molecule has 0 aromatic heterocycles. The van der Waals surface area contributed by atoms with Crippen LogP contribution in [0.2, 0.25) is 0 Å². The number of nitrogens with one attached hydrogen (secondary N) is 1. The third-order valence-corrected chi connectivity index (χ3v) is 4.43. The Morgan fingerprint density at radius 2 is 1.85 bits per heavy atom. The van der Waals surface area contributed by atoms with Gasteiger partial charge in [-0.25, -0.2) is 4.79 Å². The van der Waals surface area contributed by atoms with Crippen LogP contribution in [-0.4, -0.2) is 25.7 Å². The first kappa shape index (κ1) is 21.0. The van der Waals surface area contributed by atoms with Crippen molar-refractivity contribution in [3.8, 4) is 11.5 Å². The first-order chi connectivity index (χ1) is 13.1. The van der Waals surface area contributed by atoms with Gasteiger partial charge in [0.2, 0.25) is 0 Å². The summed E-state index contributed by atoms with van der Waals surface area (Å²) in [7, 11) is 0. The first-order valence-corrected chi connectivity index (χ1v) is 9.82. The van der Waals surface area contributed by atoms with E-state index in [0.29, 0.717) is 23.8 Å². The molecular weight excluding hydrogens is 338 g/mol. The van der Waals surface area contributed by atoms with E-state index >= 15 is 0 Å². The third kappa shape index (κ3) is 6.10. The van der Waals surface area contributed by atoms with Crippen molar-refractivity contribution in [3.63, 3.8) is 0 Å². The van der Waals surface area contributed by atoms with Crippen molar-refractivity contribution in [3.05, 3.63) is 59.2 Å². The predicted octanol–water partition coefficient (Wildman–Crippen LogP) is 5.11. The van der Waals surface area contributed by atoms with Gasteiger partial charge in [0.15, 0.2) is 0 Å². The van der Waals surface area contributed by atoms with Crippen molar-refractivity contribution in [1.82, 2.24) is 5.32 Å². The van der Waals surface area contributed by atoms with Gasteiger partial charge in [-0.2, -0.15) is 0 Å². The molecule has 0 saturated carbocycles. The highest BCUT2D eigenvalue weighted by molar-refractivity contribution is 5.92. The van der Waals surface area contributed by atoms with E-state index in [2.05, 4.69) is 26.1 Å². The number of fused-ring (bicyclic) bond motifs is 1. The SMILES string of the molecule is CCCNCCC.Cc1ccccc1C(=O)Oc1ccc2c(c1)C(C)CO2. The normalized spacial score (nSPS) is 14.6. The Morgan fingerprint density at radius 3 is 2.52 bits per heavy atom. The minimum atomic E-state index is -0.324. The van der Waals surface area contributed by atoms with E-state index < -0.39 is 0 Å². The Morgan fingerprint density at radius 1 is 1.15 bits per heavy atom. The van der Waals surface area contributed by atoms with Gasteiger partial charge in [0.1, 0.15) is 11.5 Å². The number of ether oxygens (including phenoxy) is 2. The number of esters is 1. The van der Waals surface area contributed by atoms with Gasteiger partial charge in [0.05, 0.1) is 12.2 Å². The molecule has 1 aliphatic rings. The second kappa shape index (κ2) is 10.7. The lowest BCUT2D eigenvalue weighted by molar-refractivity contribution is 0.0734. The van der Waals surface area contributed by atoms with E-state index in [9.17, 15) is 4.79 Å². The van der Waals surface area contributed by atoms with E-state index in [1.807, 2.05) is 37.3 Å². The molecule has 27 heavy (non-hydrogen) atoms. The maximum Gasteiger partial charge on any atom is 0.343 e. The molecule has 2 aromatic rings. The molecule has 1 heterocycles. The lowest BCUT2D eigenvalue weighted by Gasteiger charge is -2.08. The van der Waals surface area contributed by atoms with Gasteiger partial charge in [-0.15, -0.1) is 0 Å². The first-order valence-electron chi connectivity index (χ1n) is 9.82. The highest BCUT2D eigenvalue weighted by Crippen LogP contribution is 2.36. The minimum Gasteiger partial charge on any atom is -0.493 e. The molecule has 3 rings (SSSR count).